The number of methoxy groups -OCH3 is 1. The van der Waals surface area contributed by atoms with E-state index >= 15 is 0 Å². The molecule has 1 heterocycles. The molecule has 0 aliphatic rings. The molecule has 0 radical (unpaired) electrons. The highest BCUT2D eigenvalue weighted by molar-refractivity contribution is 6.04. The van der Waals surface area contributed by atoms with E-state index in [0.717, 1.165) is 0 Å². The SMILES string of the molecule is COc1cccc(-n2c(C)c(C(=O)O)c3ccccc3c2=O)c1. The molecule has 2 aromatic carbocycles. The van der Waals surface area contributed by atoms with Gasteiger partial charge >= 0.3 is 5.97 Å². The molecule has 3 aromatic rings. The Morgan fingerprint density at radius 1 is 1.09 bits per heavy atom. The first kappa shape index (κ1) is 14.8. The Balaban J connectivity index is 2.46. The van der Waals surface area contributed by atoms with Crippen LogP contribution in [0.25, 0.3) is 16.5 Å². The maximum absolute atomic E-state index is 12.9. The van der Waals surface area contributed by atoms with Crippen molar-refractivity contribution in [2.24, 2.45) is 0 Å². The zero-order valence-corrected chi connectivity index (χ0v) is 12.7. The number of aromatic carboxylic acids is 1. The molecular formula is C18H15NO4. The molecule has 23 heavy (non-hydrogen) atoms. The number of hydrogen-bond donors (Lipinski definition) is 1. The fourth-order valence-corrected chi connectivity index (χ4v) is 2.80. The van der Waals surface area contributed by atoms with E-state index in [2.05, 4.69) is 0 Å². The van der Waals surface area contributed by atoms with Crippen LogP contribution in [-0.4, -0.2) is 22.8 Å². The number of carbonyl (C=O) groups is 1. The number of carboxylic acid groups (broad SMARTS) is 1. The van der Waals surface area contributed by atoms with Crippen LogP contribution in [0.2, 0.25) is 0 Å². The van der Waals surface area contributed by atoms with Gasteiger partial charge in [0.05, 0.1) is 18.4 Å². The van der Waals surface area contributed by atoms with Crippen LogP contribution in [-0.2, 0) is 0 Å². The van der Waals surface area contributed by atoms with Gasteiger partial charge in [-0.25, -0.2) is 4.79 Å². The molecule has 5 heteroatoms. The quantitative estimate of drug-likeness (QED) is 0.807. The van der Waals surface area contributed by atoms with Crippen molar-refractivity contribution in [2.75, 3.05) is 7.11 Å². The van der Waals surface area contributed by atoms with Crippen LogP contribution < -0.4 is 10.3 Å². The second kappa shape index (κ2) is 5.61. The van der Waals surface area contributed by atoms with Gasteiger partial charge in [0.25, 0.3) is 5.56 Å². The van der Waals surface area contributed by atoms with Gasteiger partial charge in [0.15, 0.2) is 0 Å². The lowest BCUT2D eigenvalue weighted by Gasteiger charge is -2.15. The minimum atomic E-state index is -1.06. The highest BCUT2D eigenvalue weighted by Crippen LogP contribution is 2.23. The number of fused-ring (bicyclic) bond motifs is 1. The monoisotopic (exact) mass is 309 g/mol. The zero-order chi connectivity index (χ0) is 16.6. The van der Waals surface area contributed by atoms with E-state index in [4.69, 9.17) is 4.74 Å². The second-order valence-corrected chi connectivity index (χ2v) is 5.15. The highest BCUT2D eigenvalue weighted by Gasteiger charge is 2.19. The molecule has 0 amide bonds. The summed E-state index contributed by atoms with van der Waals surface area (Å²) in [6.45, 7) is 1.64. The van der Waals surface area contributed by atoms with E-state index in [-0.39, 0.29) is 11.1 Å². The lowest BCUT2D eigenvalue weighted by molar-refractivity contribution is 0.0697. The molecule has 116 valence electrons. The Labute approximate surface area is 132 Å². The van der Waals surface area contributed by atoms with Gasteiger partial charge in [-0.3, -0.25) is 9.36 Å². The summed E-state index contributed by atoms with van der Waals surface area (Å²) in [6.07, 6.45) is 0. The van der Waals surface area contributed by atoms with Crippen LogP contribution in [0.1, 0.15) is 16.1 Å². The summed E-state index contributed by atoms with van der Waals surface area (Å²) in [4.78, 5) is 24.6. The Morgan fingerprint density at radius 2 is 1.78 bits per heavy atom. The summed E-state index contributed by atoms with van der Waals surface area (Å²) >= 11 is 0. The topological polar surface area (TPSA) is 68.5 Å². The first-order valence-corrected chi connectivity index (χ1v) is 7.06. The lowest BCUT2D eigenvalue weighted by Crippen LogP contribution is -2.24. The molecule has 0 atom stereocenters. The van der Waals surface area contributed by atoms with Gasteiger partial charge in [0, 0.05) is 22.5 Å². The van der Waals surface area contributed by atoms with Gasteiger partial charge in [-0.2, -0.15) is 0 Å². The predicted molar refractivity (Wildman–Crippen MR) is 87.8 cm³/mol. The van der Waals surface area contributed by atoms with E-state index in [9.17, 15) is 14.7 Å². The summed E-state index contributed by atoms with van der Waals surface area (Å²) in [6, 6.07) is 13.7. The van der Waals surface area contributed by atoms with Gasteiger partial charge < -0.3 is 9.84 Å². The summed E-state index contributed by atoms with van der Waals surface area (Å²) in [5, 5.41) is 10.4. The van der Waals surface area contributed by atoms with Crippen LogP contribution in [0.5, 0.6) is 5.75 Å². The largest absolute Gasteiger partial charge is 0.497 e. The van der Waals surface area contributed by atoms with Crippen LogP contribution in [0, 0.1) is 6.92 Å². The number of benzene rings is 2. The third-order valence-electron chi connectivity index (χ3n) is 3.85. The minimum absolute atomic E-state index is 0.128. The number of pyridine rings is 1. The van der Waals surface area contributed by atoms with Crippen molar-refractivity contribution in [1.29, 1.82) is 0 Å². The van der Waals surface area contributed by atoms with Crippen LogP contribution in [0.3, 0.4) is 0 Å². The standard InChI is InChI=1S/C18H15NO4/c1-11-16(18(21)22)14-8-3-4-9-15(14)17(20)19(11)12-6-5-7-13(10-12)23-2/h3-10H,1-2H3,(H,21,22). The summed E-state index contributed by atoms with van der Waals surface area (Å²) < 4.78 is 6.60. The van der Waals surface area contributed by atoms with Crippen LogP contribution >= 0.6 is 0 Å². The van der Waals surface area contributed by atoms with Crippen LogP contribution in [0.4, 0.5) is 0 Å². The van der Waals surface area contributed by atoms with E-state index < -0.39 is 5.97 Å². The summed E-state index contributed by atoms with van der Waals surface area (Å²) in [7, 11) is 1.54. The Morgan fingerprint density at radius 3 is 2.43 bits per heavy atom. The zero-order valence-electron chi connectivity index (χ0n) is 12.7. The van der Waals surface area contributed by atoms with E-state index in [1.54, 1.807) is 55.5 Å². The fourth-order valence-electron chi connectivity index (χ4n) is 2.80. The molecule has 1 N–H and O–H groups in total. The number of aromatic nitrogens is 1. The molecule has 0 aliphatic heterocycles. The molecule has 5 nitrogen and oxygen atoms in total. The minimum Gasteiger partial charge on any atom is -0.497 e. The maximum atomic E-state index is 12.9. The van der Waals surface area contributed by atoms with Crippen molar-refractivity contribution < 1.29 is 14.6 Å². The van der Waals surface area contributed by atoms with Gasteiger partial charge in [0.1, 0.15) is 5.75 Å². The predicted octanol–water partition coefficient (Wildman–Crippen LogP) is 3.01. The number of carboxylic acids is 1. The van der Waals surface area contributed by atoms with E-state index in [1.165, 1.54) is 11.7 Å². The van der Waals surface area contributed by atoms with Crippen molar-refractivity contribution >= 4 is 16.7 Å². The normalized spacial score (nSPS) is 10.7. The summed E-state index contributed by atoms with van der Waals surface area (Å²) in [5.41, 5.74) is 0.828. The summed E-state index contributed by atoms with van der Waals surface area (Å²) in [5.74, 6) is -0.464. The Bertz CT molecular complexity index is 972. The third kappa shape index (κ3) is 2.36. The molecule has 0 saturated heterocycles. The van der Waals surface area contributed by atoms with Gasteiger partial charge in [-0.15, -0.1) is 0 Å². The average molecular weight is 309 g/mol. The Kier molecular flexibility index (Phi) is 3.62. The first-order valence-electron chi connectivity index (χ1n) is 7.06. The Hall–Kier alpha value is -3.08. The van der Waals surface area contributed by atoms with E-state index in [1.807, 2.05) is 0 Å². The van der Waals surface area contributed by atoms with Gasteiger partial charge in [-0.05, 0) is 25.1 Å². The molecule has 0 unspecified atom stereocenters. The molecule has 3 rings (SSSR count). The maximum Gasteiger partial charge on any atom is 0.338 e. The van der Waals surface area contributed by atoms with Crippen LogP contribution in [0.15, 0.2) is 53.3 Å². The molecule has 1 aromatic heterocycles. The highest BCUT2D eigenvalue weighted by atomic mass is 16.5. The van der Waals surface area contributed by atoms with Crippen molar-refractivity contribution in [1.82, 2.24) is 4.57 Å². The smallest absolute Gasteiger partial charge is 0.338 e. The van der Waals surface area contributed by atoms with Crippen molar-refractivity contribution in [3.63, 3.8) is 0 Å². The number of hydrogen-bond acceptors (Lipinski definition) is 3. The van der Waals surface area contributed by atoms with Gasteiger partial charge in [0.2, 0.25) is 0 Å². The number of nitrogens with zero attached hydrogens (tertiary/aromatic N) is 1. The third-order valence-corrected chi connectivity index (χ3v) is 3.85. The molecular weight excluding hydrogens is 294 g/mol. The van der Waals surface area contributed by atoms with Crippen molar-refractivity contribution in [3.8, 4) is 11.4 Å². The first-order chi connectivity index (χ1) is 11.0. The number of ether oxygens (including phenoxy) is 1. The van der Waals surface area contributed by atoms with Crippen molar-refractivity contribution in [2.45, 2.75) is 6.92 Å². The van der Waals surface area contributed by atoms with Crippen molar-refractivity contribution in [3.05, 3.63) is 70.1 Å². The fraction of sp³-hybridized carbons (Fsp3) is 0.111. The molecule has 0 fully saturated rings. The molecule has 0 bridgehead atoms. The number of rotatable bonds is 3. The van der Waals surface area contributed by atoms with Gasteiger partial charge in [-0.1, -0.05) is 24.3 Å². The second-order valence-electron chi connectivity index (χ2n) is 5.15. The molecule has 0 spiro atoms. The van der Waals surface area contributed by atoms with E-state index in [0.29, 0.717) is 27.9 Å². The average Bonchev–Trinajstić information content (AvgIpc) is 2.55. The lowest BCUT2D eigenvalue weighted by atomic mass is 10.0. The molecule has 0 aliphatic carbocycles. The molecule has 0 saturated carbocycles.